The minimum Gasteiger partial charge on any atom is -0.240 e. The van der Waals surface area contributed by atoms with Gasteiger partial charge in [-0.3, -0.25) is 0 Å². The molecular formula is C12H13ClN2. The topological polar surface area (TPSA) is 17.8 Å². The van der Waals surface area contributed by atoms with Crippen LogP contribution in [0.1, 0.15) is 16.8 Å². The molecule has 2 rings (SSSR count). The Bertz CT molecular complexity index is 474. The molecule has 2 nitrogen and oxygen atoms in total. The minimum absolute atomic E-state index is 0.535. The maximum atomic E-state index is 5.81. The highest BCUT2D eigenvalue weighted by molar-refractivity contribution is 6.17. The lowest BCUT2D eigenvalue weighted by molar-refractivity contribution is 0.854. The van der Waals surface area contributed by atoms with E-state index in [1.807, 2.05) is 29.9 Å². The predicted molar refractivity (Wildman–Crippen MR) is 62.6 cm³/mol. The van der Waals surface area contributed by atoms with Crippen molar-refractivity contribution in [1.29, 1.82) is 0 Å². The molecule has 0 bridgehead atoms. The van der Waals surface area contributed by atoms with Crippen LogP contribution in [0.15, 0.2) is 30.5 Å². The van der Waals surface area contributed by atoms with Gasteiger partial charge in [0.15, 0.2) is 0 Å². The molecule has 0 fully saturated rings. The van der Waals surface area contributed by atoms with Gasteiger partial charge in [-0.2, -0.15) is 5.10 Å². The normalized spacial score (nSPS) is 10.6. The van der Waals surface area contributed by atoms with Gasteiger partial charge in [0.25, 0.3) is 0 Å². The summed E-state index contributed by atoms with van der Waals surface area (Å²) < 4.78 is 1.89. The van der Waals surface area contributed by atoms with Crippen molar-refractivity contribution in [2.24, 2.45) is 0 Å². The fourth-order valence-electron chi connectivity index (χ4n) is 1.53. The maximum absolute atomic E-state index is 5.81. The van der Waals surface area contributed by atoms with Gasteiger partial charge in [-0.05, 0) is 37.1 Å². The first-order valence-electron chi connectivity index (χ1n) is 4.89. The van der Waals surface area contributed by atoms with Crippen LogP contribution in [0.4, 0.5) is 0 Å². The van der Waals surface area contributed by atoms with Gasteiger partial charge in [0.1, 0.15) is 0 Å². The van der Waals surface area contributed by atoms with Crippen LogP contribution >= 0.6 is 11.6 Å². The highest BCUT2D eigenvalue weighted by atomic mass is 35.5. The van der Waals surface area contributed by atoms with Crippen molar-refractivity contribution in [3.8, 4) is 5.69 Å². The van der Waals surface area contributed by atoms with Crippen LogP contribution < -0.4 is 0 Å². The van der Waals surface area contributed by atoms with Crippen LogP contribution in [0.2, 0.25) is 0 Å². The quantitative estimate of drug-likeness (QED) is 0.711. The molecule has 3 heteroatoms. The molecule has 2 aromatic rings. The average Bonchev–Trinajstić information content (AvgIpc) is 2.65. The van der Waals surface area contributed by atoms with E-state index in [2.05, 4.69) is 24.2 Å². The fourth-order valence-corrected chi connectivity index (χ4v) is 1.70. The molecule has 0 aliphatic rings. The summed E-state index contributed by atoms with van der Waals surface area (Å²) in [7, 11) is 0. The van der Waals surface area contributed by atoms with Crippen LogP contribution in [-0.2, 0) is 5.88 Å². The van der Waals surface area contributed by atoms with Gasteiger partial charge in [-0.25, -0.2) is 4.68 Å². The number of hydrogen-bond donors (Lipinski definition) is 0. The number of benzene rings is 1. The predicted octanol–water partition coefficient (Wildman–Crippen LogP) is 3.23. The second-order valence-electron chi connectivity index (χ2n) is 3.66. The SMILES string of the molecule is Cc1ccn(-c2cc(CCl)ccc2C)n1. The van der Waals surface area contributed by atoms with Gasteiger partial charge >= 0.3 is 0 Å². The van der Waals surface area contributed by atoms with E-state index in [0.29, 0.717) is 5.88 Å². The summed E-state index contributed by atoms with van der Waals surface area (Å²) in [6.07, 6.45) is 1.97. The van der Waals surface area contributed by atoms with Crippen LogP contribution in [-0.4, -0.2) is 9.78 Å². The van der Waals surface area contributed by atoms with Crippen molar-refractivity contribution < 1.29 is 0 Å². The lowest BCUT2D eigenvalue weighted by Gasteiger charge is -2.07. The van der Waals surface area contributed by atoms with E-state index in [4.69, 9.17) is 11.6 Å². The third-order valence-corrected chi connectivity index (χ3v) is 2.71. The third-order valence-electron chi connectivity index (χ3n) is 2.40. The first-order valence-corrected chi connectivity index (χ1v) is 5.42. The van der Waals surface area contributed by atoms with Crippen LogP contribution in [0.5, 0.6) is 0 Å². The molecule has 0 radical (unpaired) electrons. The first-order chi connectivity index (χ1) is 7.20. The Morgan fingerprint density at radius 1 is 1.27 bits per heavy atom. The number of aryl methyl sites for hydroxylation is 2. The van der Waals surface area contributed by atoms with E-state index in [-0.39, 0.29) is 0 Å². The molecule has 1 aromatic carbocycles. The lowest BCUT2D eigenvalue weighted by Crippen LogP contribution is -1.98. The van der Waals surface area contributed by atoms with Crippen molar-refractivity contribution >= 4 is 11.6 Å². The monoisotopic (exact) mass is 220 g/mol. The third kappa shape index (κ3) is 2.05. The Hall–Kier alpha value is -1.28. The van der Waals surface area contributed by atoms with Gasteiger partial charge in [0.2, 0.25) is 0 Å². The summed E-state index contributed by atoms with van der Waals surface area (Å²) in [5.74, 6) is 0.535. The Morgan fingerprint density at radius 3 is 2.67 bits per heavy atom. The standard InChI is InChI=1S/C12H13ClN2/c1-9-3-4-11(8-13)7-12(9)15-6-5-10(2)14-15/h3-7H,8H2,1-2H3. The molecule has 0 spiro atoms. The number of rotatable bonds is 2. The van der Waals surface area contributed by atoms with Crippen LogP contribution in [0.25, 0.3) is 5.69 Å². The minimum atomic E-state index is 0.535. The molecule has 0 saturated heterocycles. The molecule has 15 heavy (non-hydrogen) atoms. The molecule has 1 aromatic heterocycles. The maximum Gasteiger partial charge on any atom is 0.0677 e. The van der Waals surface area contributed by atoms with E-state index in [9.17, 15) is 0 Å². The molecule has 0 aliphatic heterocycles. The smallest absolute Gasteiger partial charge is 0.0677 e. The summed E-state index contributed by atoms with van der Waals surface area (Å²) in [6.45, 7) is 4.06. The summed E-state index contributed by atoms with van der Waals surface area (Å²) in [4.78, 5) is 0. The number of nitrogens with zero attached hydrogens (tertiary/aromatic N) is 2. The molecule has 0 N–H and O–H groups in total. The van der Waals surface area contributed by atoms with E-state index in [1.165, 1.54) is 5.56 Å². The Kier molecular flexibility index (Phi) is 2.78. The zero-order chi connectivity index (χ0) is 10.8. The van der Waals surface area contributed by atoms with E-state index >= 15 is 0 Å². The molecule has 0 atom stereocenters. The van der Waals surface area contributed by atoms with Gasteiger partial charge < -0.3 is 0 Å². The van der Waals surface area contributed by atoms with Crippen LogP contribution in [0.3, 0.4) is 0 Å². The summed E-state index contributed by atoms with van der Waals surface area (Å²) >= 11 is 5.81. The molecule has 0 saturated carbocycles. The van der Waals surface area contributed by atoms with Crippen molar-refractivity contribution in [2.45, 2.75) is 19.7 Å². The van der Waals surface area contributed by atoms with E-state index < -0.39 is 0 Å². The summed E-state index contributed by atoms with van der Waals surface area (Å²) in [6, 6.07) is 8.19. The zero-order valence-corrected chi connectivity index (χ0v) is 9.62. The Morgan fingerprint density at radius 2 is 2.07 bits per heavy atom. The summed E-state index contributed by atoms with van der Waals surface area (Å²) in [5, 5.41) is 4.39. The average molecular weight is 221 g/mol. The molecule has 0 unspecified atom stereocenters. The number of halogens is 1. The Labute approximate surface area is 94.5 Å². The lowest BCUT2D eigenvalue weighted by atomic mass is 10.1. The zero-order valence-electron chi connectivity index (χ0n) is 8.87. The van der Waals surface area contributed by atoms with Crippen LogP contribution in [0, 0.1) is 13.8 Å². The van der Waals surface area contributed by atoms with Crippen molar-refractivity contribution in [3.63, 3.8) is 0 Å². The number of alkyl halides is 1. The highest BCUT2D eigenvalue weighted by Crippen LogP contribution is 2.16. The molecular weight excluding hydrogens is 208 g/mol. The van der Waals surface area contributed by atoms with Gasteiger partial charge in [0.05, 0.1) is 11.4 Å². The number of aromatic nitrogens is 2. The molecule has 78 valence electrons. The van der Waals surface area contributed by atoms with E-state index in [0.717, 1.165) is 16.9 Å². The number of hydrogen-bond acceptors (Lipinski definition) is 1. The highest BCUT2D eigenvalue weighted by Gasteiger charge is 2.03. The van der Waals surface area contributed by atoms with Gasteiger partial charge in [0, 0.05) is 12.1 Å². The van der Waals surface area contributed by atoms with E-state index in [1.54, 1.807) is 0 Å². The molecule has 1 heterocycles. The van der Waals surface area contributed by atoms with Crippen molar-refractivity contribution in [2.75, 3.05) is 0 Å². The molecule has 0 aliphatic carbocycles. The largest absolute Gasteiger partial charge is 0.240 e. The van der Waals surface area contributed by atoms with Crippen molar-refractivity contribution in [1.82, 2.24) is 9.78 Å². The summed E-state index contributed by atoms with van der Waals surface area (Å²) in [5.41, 5.74) is 4.43. The Balaban J connectivity index is 2.51. The second kappa shape index (κ2) is 4.07. The fraction of sp³-hybridized carbons (Fsp3) is 0.250. The molecule has 0 amide bonds. The second-order valence-corrected chi connectivity index (χ2v) is 3.92. The first kappa shape index (κ1) is 10.2. The van der Waals surface area contributed by atoms with Gasteiger partial charge in [-0.1, -0.05) is 12.1 Å². The van der Waals surface area contributed by atoms with Crippen molar-refractivity contribution in [3.05, 3.63) is 47.3 Å². The van der Waals surface area contributed by atoms with Gasteiger partial charge in [-0.15, -0.1) is 11.6 Å².